The second kappa shape index (κ2) is 4.36. The molecule has 3 heteroatoms. The fourth-order valence-corrected chi connectivity index (χ4v) is 1.36. The molecule has 0 saturated heterocycles. The summed E-state index contributed by atoms with van der Waals surface area (Å²) < 4.78 is 0. The average Bonchev–Trinajstić information content (AvgIpc) is 2.05. The van der Waals surface area contributed by atoms with Gasteiger partial charge >= 0.3 is 0 Å². The van der Waals surface area contributed by atoms with Crippen LogP contribution in [0.4, 0.5) is 0 Å². The number of hydrogen-bond acceptors (Lipinski definition) is 3. The number of rotatable bonds is 3. The fraction of sp³-hybridized carbons (Fsp3) is 0.778. The highest BCUT2D eigenvalue weighted by Crippen LogP contribution is 2.11. The van der Waals surface area contributed by atoms with Gasteiger partial charge in [-0.15, -0.1) is 0 Å². The number of Topliss-reactive ketones (excluding diaryl/α,β-unsaturated/α-hetero) is 1. The minimum absolute atomic E-state index is 0.178. The second-order valence-corrected chi connectivity index (χ2v) is 3.53. The smallest absolute Gasteiger partial charge is 0.151 e. The topological polar surface area (TPSA) is 32.7 Å². The summed E-state index contributed by atoms with van der Waals surface area (Å²) in [5.74, 6) is 0.509. The molecule has 68 valence electrons. The maximum Gasteiger partial charge on any atom is 0.151 e. The van der Waals surface area contributed by atoms with Gasteiger partial charge in [-0.25, -0.2) is 0 Å². The molecule has 0 saturated carbocycles. The van der Waals surface area contributed by atoms with Crippen molar-refractivity contribution in [2.24, 2.45) is 10.9 Å². The maximum absolute atomic E-state index is 11.5. The van der Waals surface area contributed by atoms with E-state index in [4.69, 9.17) is 0 Å². The molecule has 0 aromatic heterocycles. The lowest BCUT2D eigenvalue weighted by atomic mass is 9.96. The number of carbonyl (C=O) groups is 1. The lowest BCUT2D eigenvalue weighted by molar-refractivity contribution is -0.123. The monoisotopic (exact) mass is 168 g/mol. The average molecular weight is 168 g/mol. The summed E-state index contributed by atoms with van der Waals surface area (Å²) in [6.45, 7) is 1.26. The van der Waals surface area contributed by atoms with Gasteiger partial charge in [0.05, 0.1) is 6.54 Å². The predicted molar refractivity (Wildman–Crippen MR) is 49.6 cm³/mol. The van der Waals surface area contributed by atoms with Crippen LogP contribution in [0.15, 0.2) is 4.99 Å². The molecule has 0 spiro atoms. The Kier molecular flexibility index (Phi) is 3.41. The van der Waals surface area contributed by atoms with Crippen LogP contribution in [0.2, 0.25) is 0 Å². The van der Waals surface area contributed by atoms with Gasteiger partial charge in [0.15, 0.2) is 5.78 Å². The quantitative estimate of drug-likeness (QED) is 0.618. The van der Waals surface area contributed by atoms with E-state index in [2.05, 4.69) is 4.99 Å². The number of aliphatic imine (C=N–C) groups is 1. The highest BCUT2D eigenvalue weighted by atomic mass is 16.1. The van der Waals surface area contributed by atoms with Gasteiger partial charge < -0.3 is 4.90 Å². The van der Waals surface area contributed by atoms with E-state index < -0.39 is 0 Å². The summed E-state index contributed by atoms with van der Waals surface area (Å²) in [6.07, 6.45) is 3.86. The van der Waals surface area contributed by atoms with E-state index >= 15 is 0 Å². The molecule has 0 amide bonds. The highest BCUT2D eigenvalue weighted by Gasteiger charge is 2.19. The van der Waals surface area contributed by atoms with E-state index in [9.17, 15) is 4.79 Å². The number of ketones is 1. The maximum atomic E-state index is 11.5. The van der Waals surface area contributed by atoms with Gasteiger partial charge in [-0.1, -0.05) is 0 Å². The summed E-state index contributed by atoms with van der Waals surface area (Å²) in [5, 5.41) is 0. The van der Waals surface area contributed by atoms with Gasteiger partial charge in [-0.05, 0) is 33.2 Å². The summed E-state index contributed by atoms with van der Waals surface area (Å²) >= 11 is 0. The van der Waals surface area contributed by atoms with E-state index in [1.54, 1.807) is 0 Å². The third-order valence-corrected chi connectivity index (χ3v) is 2.03. The highest BCUT2D eigenvalue weighted by molar-refractivity contribution is 5.84. The Morgan fingerprint density at radius 1 is 1.67 bits per heavy atom. The van der Waals surface area contributed by atoms with Crippen LogP contribution in [-0.4, -0.2) is 44.1 Å². The second-order valence-electron chi connectivity index (χ2n) is 3.53. The standard InChI is InChI=1S/C9H16N2O/c1-11(2)7-9(12)8-4-3-5-10-6-8/h5,8H,3-4,6-7H2,1-2H3. The van der Waals surface area contributed by atoms with E-state index in [0.717, 1.165) is 12.8 Å². The first-order valence-electron chi connectivity index (χ1n) is 4.36. The Balaban J connectivity index is 2.36. The van der Waals surface area contributed by atoms with Crippen LogP contribution >= 0.6 is 0 Å². The third kappa shape index (κ3) is 2.74. The minimum atomic E-state index is 0.178. The largest absolute Gasteiger partial charge is 0.302 e. The van der Waals surface area contributed by atoms with Crippen LogP contribution in [0, 0.1) is 5.92 Å². The molecule has 0 radical (unpaired) electrons. The molecule has 3 nitrogen and oxygen atoms in total. The minimum Gasteiger partial charge on any atom is -0.302 e. The molecule has 0 bridgehead atoms. The van der Waals surface area contributed by atoms with Gasteiger partial charge in [0, 0.05) is 12.5 Å². The Labute approximate surface area is 73.5 Å². The molecule has 0 aromatic rings. The van der Waals surface area contributed by atoms with Gasteiger partial charge in [0.25, 0.3) is 0 Å². The first kappa shape index (κ1) is 9.39. The Bertz CT molecular complexity index is 187. The van der Waals surface area contributed by atoms with E-state index in [-0.39, 0.29) is 5.92 Å². The number of nitrogens with zero attached hydrogens (tertiary/aromatic N) is 2. The van der Waals surface area contributed by atoms with Crippen LogP contribution in [0.3, 0.4) is 0 Å². The number of hydrogen-bond donors (Lipinski definition) is 0. The van der Waals surface area contributed by atoms with Gasteiger partial charge in [0.1, 0.15) is 0 Å². The summed E-state index contributed by atoms with van der Waals surface area (Å²) in [4.78, 5) is 17.5. The van der Waals surface area contributed by atoms with Gasteiger partial charge in [-0.2, -0.15) is 0 Å². The molecular weight excluding hydrogens is 152 g/mol. The molecule has 1 heterocycles. The summed E-state index contributed by atoms with van der Waals surface area (Å²) in [6, 6.07) is 0. The zero-order chi connectivity index (χ0) is 8.97. The van der Waals surface area contributed by atoms with Crippen molar-refractivity contribution in [2.75, 3.05) is 27.2 Å². The zero-order valence-electron chi connectivity index (χ0n) is 7.79. The van der Waals surface area contributed by atoms with Gasteiger partial charge in [-0.3, -0.25) is 9.79 Å². The molecule has 1 aliphatic heterocycles. The Morgan fingerprint density at radius 2 is 2.42 bits per heavy atom. The van der Waals surface area contributed by atoms with Crippen LogP contribution in [0.1, 0.15) is 12.8 Å². The van der Waals surface area contributed by atoms with Crippen molar-refractivity contribution in [3.05, 3.63) is 0 Å². The van der Waals surface area contributed by atoms with Gasteiger partial charge in [0.2, 0.25) is 0 Å². The van der Waals surface area contributed by atoms with Crippen LogP contribution in [0.25, 0.3) is 0 Å². The van der Waals surface area contributed by atoms with Crippen molar-refractivity contribution in [1.82, 2.24) is 4.90 Å². The summed E-state index contributed by atoms with van der Waals surface area (Å²) in [5.41, 5.74) is 0. The Morgan fingerprint density at radius 3 is 2.92 bits per heavy atom. The van der Waals surface area contributed by atoms with Crippen molar-refractivity contribution in [3.63, 3.8) is 0 Å². The molecule has 1 atom stereocenters. The van der Waals surface area contributed by atoms with Crippen molar-refractivity contribution in [2.45, 2.75) is 12.8 Å². The lowest BCUT2D eigenvalue weighted by Crippen LogP contribution is -2.30. The lowest BCUT2D eigenvalue weighted by Gasteiger charge is -2.17. The first-order chi connectivity index (χ1) is 5.70. The number of likely N-dealkylation sites (N-methyl/N-ethyl adjacent to an activating group) is 1. The number of carbonyl (C=O) groups excluding carboxylic acids is 1. The van der Waals surface area contributed by atoms with Crippen molar-refractivity contribution < 1.29 is 4.79 Å². The molecule has 0 N–H and O–H groups in total. The fourth-order valence-electron chi connectivity index (χ4n) is 1.36. The van der Waals surface area contributed by atoms with Crippen LogP contribution in [-0.2, 0) is 4.79 Å². The SMILES string of the molecule is CN(C)CC(=O)C1CCC=NC1. The Hall–Kier alpha value is -0.700. The van der Waals surface area contributed by atoms with E-state index in [0.29, 0.717) is 18.9 Å². The van der Waals surface area contributed by atoms with Crippen LogP contribution in [0.5, 0.6) is 0 Å². The van der Waals surface area contributed by atoms with Crippen molar-refractivity contribution >= 4 is 12.0 Å². The summed E-state index contributed by atoms with van der Waals surface area (Å²) in [7, 11) is 3.84. The van der Waals surface area contributed by atoms with E-state index in [1.807, 2.05) is 25.2 Å². The molecule has 1 unspecified atom stereocenters. The first-order valence-corrected chi connectivity index (χ1v) is 4.36. The van der Waals surface area contributed by atoms with Crippen LogP contribution < -0.4 is 0 Å². The zero-order valence-corrected chi connectivity index (χ0v) is 7.79. The third-order valence-electron chi connectivity index (χ3n) is 2.03. The van der Waals surface area contributed by atoms with Crippen molar-refractivity contribution in [3.8, 4) is 0 Å². The molecule has 0 fully saturated rings. The molecule has 1 aliphatic rings. The van der Waals surface area contributed by atoms with Crippen molar-refractivity contribution in [1.29, 1.82) is 0 Å². The molecule has 1 rings (SSSR count). The molecule has 12 heavy (non-hydrogen) atoms. The molecule has 0 aliphatic carbocycles. The molecular formula is C9H16N2O. The normalized spacial score (nSPS) is 23.1. The predicted octanol–water partition coefficient (Wildman–Crippen LogP) is 0.598. The van der Waals surface area contributed by atoms with E-state index in [1.165, 1.54) is 0 Å². The molecule has 0 aromatic carbocycles.